The highest BCUT2D eigenvalue weighted by Gasteiger charge is 2.26. The third kappa shape index (κ3) is 5.61. The van der Waals surface area contributed by atoms with Crippen LogP contribution in [0.4, 0.5) is 5.69 Å². The maximum absolute atomic E-state index is 12.0. The van der Waals surface area contributed by atoms with Crippen molar-refractivity contribution in [2.75, 3.05) is 31.6 Å². The van der Waals surface area contributed by atoms with E-state index in [1.807, 2.05) is 26.1 Å². The Morgan fingerprint density at radius 2 is 2.09 bits per heavy atom. The topological polar surface area (TPSA) is 44.4 Å². The zero-order chi connectivity index (χ0) is 14.5. The fourth-order valence-electron chi connectivity index (χ4n) is 2.55. The quantitative estimate of drug-likeness (QED) is 0.781. The molecule has 1 aromatic rings. The van der Waals surface area contributed by atoms with Gasteiger partial charge in [-0.15, -0.1) is 24.8 Å². The predicted molar refractivity (Wildman–Crippen MR) is 100 cm³/mol. The van der Waals surface area contributed by atoms with Gasteiger partial charge in [0.1, 0.15) is 0 Å². The van der Waals surface area contributed by atoms with E-state index in [2.05, 4.69) is 43.6 Å². The number of hydrogen-bond donors (Lipinski definition) is 2. The van der Waals surface area contributed by atoms with Crippen LogP contribution in [0.2, 0.25) is 0 Å². The van der Waals surface area contributed by atoms with Crippen molar-refractivity contribution >= 4 is 52.3 Å². The van der Waals surface area contributed by atoms with Crippen LogP contribution >= 0.6 is 40.7 Å². The van der Waals surface area contributed by atoms with Crippen LogP contribution in [0.25, 0.3) is 0 Å². The van der Waals surface area contributed by atoms with E-state index in [0.717, 1.165) is 24.0 Å². The van der Waals surface area contributed by atoms with Gasteiger partial charge in [-0.3, -0.25) is 4.79 Å². The van der Waals surface area contributed by atoms with Crippen LogP contribution in [0, 0.1) is 5.92 Å². The molecule has 7 heteroatoms. The van der Waals surface area contributed by atoms with Crippen molar-refractivity contribution in [3.63, 3.8) is 0 Å². The van der Waals surface area contributed by atoms with E-state index in [0.29, 0.717) is 6.54 Å². The molecule has 1 amide bonds. The highest BCUT2D eigenvalue weighted by Crippen LogP contribution is 2.28. The number of para-hydroxylation sites is 1. The molecule has 2 unspecified atom stereocenters. The fourth-order valence-corrected chi connectivity index (χ4v) is 3.08. The van der Waals surface area contributed by atoms with Gasteiger partial charge in [-0.1, -0.05) is 19.1 Å². The van der Waals surface area contributed by atoms with Crippen LogP contribution in [0.15, 0.2) is 28.7 Å². The van der Waals surface area contributed by atoms with E-state index in [4.69, 9.17) is 0 Å². The Hall–Kier alpha value is -0.490. The van der Waals surface area contributed by atoms with Crippen LogP contribution in [0.5, 0.6) is 0 Å². The van der Waals surface area contributed by atoms with Gasteiger partial charge in [-0.25, -0.2) is 0 Å². The molecular formula is C15H24BrCl2N3O. The van der Waals surface area contributed by atoms with E-state index in [1.165, 1.54) is 5.69 Å². The van der Waals surface area contributed by atoms with E-state index >= 15 is 0 Å². The number of carbonyl (C=O) groups excluding carboxylic acids is 1. The summed E-state index contributed by atoms with van der Waals surface area (Å²) in [4.78, 5) is 14.3. The number of nitrogens with one attached hydrogen (secondary N) is 2. The standard InChI is InChI=1S/C15H22BrN3O.2ClH/c1-11(9-17-2)15(20)18-12-7-8-19(10-12)14-6-4-3-5-13(14)16;;/h3-6,11-12,17H,7-10H2,1-2H3,(H,18,20);2*1H. The highest BCUT2D eigenvalue weighted by molar-refractivity contribution is 9.10. The minimum absolute atomic E-state index is 0. The van der Waals surface area contributed by atoms with Gasteiger partial charge in [0.05, 0.1) is 5.69 Å². The van der Waals surface area contributed by atoms with Crippen molar-refractivity contribution in [2.45, 2.75) is 19.4 Å². The molecule has 1 aliphatic heterocycles. The Morgan fingerprint density at radius 1 is 1.41 bits per heavy atom. The minimum Gasteiger partial charge on any atom is -0.368 e. The first-order chi connectivity index (χ1) is 9.61. The summed E-state index contributed by atoms with van der Waals surface area (Å²) in [7, 11) is 1.87. The summed E-state index contributed by atoms with van der Waals surface area (Å²) in [5, 5.41) is 6.18. The van der Waals surface area contributed by atoms with Crippen molar-refractivity contribution in [1.82, 2.24) is 10.6 Å². The normalized spacial score (nSPS) is 18.1. The second-order valence-corrected chi connectivity index (χ2v) is 6.20. The van der Waals surface area contributed by atoms with E-state index < -0.39 is 0 Å². The van der Waals surface area contributed by atoms with Gasteiger partial charge in [0.2, 0.25) is 5.91 Å². The second kappa shape index (κ2) is 10.3. The summed E-state index contributed by atoms with van der Waals surface area (Å²) in [6.07, 6.45) is 0.999. The average Bonchev–Trinajstić information content (AvgIpc) is 2.87. The number of amides is 1. The lowest BCUT2D eigenvalue weighted by Crippen LogP contribution is -2.42. The molecule has 1 aliphatic rings. The van der Waals surface area contributed by atoms with E-state index in [1.54, 1.807) is 0 Å². The lowest BCUT2D eigenvalue weighted by atomic mass is 10.1. The monoisotopic (exact) mass is 411 g/mol. The summed E-state index contributed by atoms with van der Waals surface area (Å²) >= 11 is 3.58. The maximum atomic E-state index is 12.0. The minimum atomic E-state index is 0. The van der Waals surface area contributed by atoms with Crippen molar-refractivity contribution in [3.8, 4) is 0 Å². The third-order valence-corrected chi connectivity index (χ3v) is 4.36. The van der Waals surface area contributed by atoms with Gasteiger partial charge in [-0.05, 0) is 41.5 Å². The number of rotatable bonds is 5. The van der Waals surface area contributed by atoms with Gasteiger partial charge in [-0.2, -0.15) is 0 Å². The summed E-state index contributed by atoms with van der Waals surface area (Å²) < 4.78 is 1.11. The van der Waals surface area contributed by atoms with Gasteiger partial charge in [0.15, 0.2) is 0 Å². The number of anilines is 1. The van der Waals surface area contributed by atoms with Crippen molar-refractivity contribution in [2.24, 2.45) is 5.92 Å². The summed E-state index contributed by atoms with van der Waals surface area (Å²) in [6.45, 7) is 4.52. The summed E-state index contributed by atoms with van der Waals surface area (Å²) in [5.41, 5.74) is 1.20. The van der Waals surface area contributed by atoms with Gasteiger partial charge < -0.3 is 15.5 Å². The molecule has 0 saturated carbocycles. The second-order valence-electron chi connectivity index (χ2n) is 5.35. The average molecular weight is 413 g/mol. The molecule has 0 aliphatic carbocycles. The molecular weight excluding hydrogens is 389 g/mol. The van der Waals surface area contributed by atoms with Crippen molar-refractivity contribution in [1.29, 1.82) is 0 Å². The molecule has 22 heavy (non-hydrogen) atoms. The lowest BCUT2D eigenvalue weighted by Gasteiger charge is -2.21. The molecule has 1 aromatic carbocycles. The maximum Gasteiger partial charge on any atom is 0.224 e. The van der Waals surface area contributed by atoms with Crippen LogP contribution in [-0.2, 0) is 4.79 Å². The zero-order valence-corrected chi connectivity index (χ0v) is 16.1. The Kier molecular flexibility index (Phi) is 10.1. The Morgan fingerprint density at radius 3 is 2.73 bits per heavy atom. The molecule has 0 radical (unpaired) electrons. The number of hydrogen-bond acceptors (Lipinski definition) is 3. The van der Waals surface area contributed by atoms with Crippen LogP contribution in [0.1, 0.15) is 13.3 Å². The fraction of sp³-hybridized carbons (Fsp3) is 0.533. The van der Waals surface area contributed by atoms with Gasteiger partial charge in [0, 0.05) is 36.1 Å². The zero-order valence-electron chi connectivity index (χ0n) is 12.8. The molecule has 2 N–H and O–H groups in total. The number of carbonyl (C=O) groups is 1. The number of halogens is 3. The molecule has 2 atom stereocenters. The largest absolute Gasteiger partial charge is 0.368 e. The molecule has 4 nitrogen and oxygen atoms in total. The molecule has 1 saturated heterocycles. The smallest absolute Gasteiger partial charge is 0.224 e. The van der Waals surface area contributed by atoms with Gasteiger partial charge >= 0.3 is 0 Å². The molecule has 1 heterocycles. The number of nitrogens with zero attached hydrogens (tertiary/aromatic N) is 1. The first-order valence-electron chi connectivity index (χ1n) is 7.06. The molecule has 0 spiro atoms. The molecule has 126 valence electrons. The molecule has 2 rings (SSSR count). The van der Waals surface area contributed by atoms with Crippen LogP contribution in [-0.4, -0.2) is 38.6 Å². The third-order valence-electron chi connectivity index (χ3n) is 3.69. The van der Waals surface area contributed by atoms with Crippen LogP contribution in [0.3, 0.4) is 0 Å². The van der Waals surface area contributed by atoms with E-state index in [9.17, 15) is 4.79 Å². The summed E-state index contributed by atoms with van der Waals surface area (Å²) in [6, 6.07) is 8.46. The van der Waals surface area contributed by atoms with Crippen molar-refractivity contribution < 1.29 is 4.79 Å². The molecule has 1 fully saturated rings. The first kappa shape index (κ1) is 21.5. The SMILES string of the molecule is CNCC(C)C(=O)NC1CCN(c2ccccc2Br)C1.Cl.Cl. The predicted octanol–water partition coefficient (Wildman–Crippen LogP) is 2.84. The first-order valence-corrected chi connectivity index (χ1v) is 7.85. The number of benzene rings is 1. The van der Waals surface area contributed by atoms with Gasteiger partial charge in [0.25, 0.3) is 0 Å². The Labute approximate surface area is 153 Å². The Bertz CT molecular complexity index is 476. The Balaban J connectivity index is 0.00000220. The highest BCUT2D eigenvalue weighted by atomic mass is 79.9. The lowest BCUT2D eigenvalue weighted by molar-refractivity contribution is -0.124. The van der Waals surface area contributed by atoms with Crippen LogP contribution < -0.4 is 15.5 Å². The molecule has 0 bridgehead atoms. The van der Waals surface area contributed by atoms with E-state index in [-0.39, 0.29) is 42.7 Å². The van der Waals surface area contributed by atoms with Crippen molar-refractivity contribution in [3.05, 3.63) is 28.7 Å². The molecule has 0 aromatic heterocycles. The summed E-state index contributed by atoms with van der Waals surface area (Å²) in [5.74, 6) is 0.149.